The highest BCUT2D eigenvalue weighted by Crippen LogP contribution is 2.62. The van der Waals surface area contributed by atoms with Gasteiger partial charge in [-0.3, -0.25) is 4.79 Å². The lowest BCUT2D eigenvalue weighted by atomic mass is 9.50. The maximum Gasteiger partial charge on any atom is 0.139 e. The van der Waals surface area contributed by atoms with Crippen LogP contribution in [0.15, 0.2) is 35.6 Å². The van der Waals surface area contributed by atoms with Crippen LogP contribution in [-0.4, -0.2) is 10.9 Å². The molecule has 5 atom stereocenters. The minimum absolute atomic E-state index is 0.0438. The number of allylic oxidation sites excluding steroid dienone is 5. The van der Waals surface area contributed by atoms with Gasteiger partial charge in [0, 0.05) is 17.3 Å². The zero-order valence-electron chi connectivity index (χ0n) is 12.9. The van der Waals surface area contributed by atoms with Crippen LogP contribution in [-0.2, 0) is 4.79 Å². The summed E-state index contributed by atoms with van der Waals surface area (Å²) in [5, 5.41) is 9.77. The molecule has 0 radical (unpaired) electrons. The largest absolute Gasteiger partial charge is 0.508 e. The van der Waals surface area contributed by atoms with Crippen LogP contribution in [0.5, 0.6) is 0 Å². The molecule has 0 saturated heterocycles. The minimum atomic E-state index is -0.0563. The lowest BCUT2D eigenvalue weighted by Gasteiger charge is -2.54. The molecule has 0 aromatic carbocycles. The standard InChI is InChI=1S/C19H24O2/c1-18-9-7-13(20)11-12(18)3-4-14-15-5-6-17(21)19(15,2)10-8-16(14)18/h3,7,9,11,14-16,20H,4-6,8,10H2,1-2H3/t14-,15-,16-,18-,19-/m0/s1. The monoisotopic (exact) mass is 284 g/mol. The predicted octanol–water partition coefficient (Wildman–Crippen LogP) is 4.35. The molecular weight excluding hydrogens is 260 g/mol. The Balaban J connectivity index is 1.75. The van der Waals surface area contributed by atoms with Crippen LogP contribution < -0.4 is 0 Å². The average Bonchev–Trinajstić information content (AvgIpc) is 2.76. The summed E-state index contributed by atoms with van der Waals surface area (Å²) in [6, 6.07) is 0. The van der Waals surface area contributed by atoms with Gasteiger partial charge in [0.25, 0.3) is 0 Å². The normalized spacial score (nSPS) is 48.1. The second-order valence-corrected chi connectivity index (χ2v) is 7.88. The van der Waals surface area contributed by atoms with Crippen molar-refractivity contribution in [1.82, 2.24) is 0 Å². The molecule has 2 saturated carbocycles. The number of hydrogen-bond donors (Lipinski definition) is 1. The van der Waals surface area contributed by atoms with Crippen molar-refractivity contribution < 1.29 is 9.90 Å². The van der Waals surface area contributed by atoms with Gasteiger partial charge in [0.2, 0.25) is 0 Å². The van der Waals surface area contributed by atoms with E-state index in [1.165, 1.54) is 5.57 Å². The number of carbonyl (C=O) groups excluding carboxylic acids is 1. The van der Waals surface area contributed by atoms with E-state index in [9.17, 15) is 9.90 Å². The van der Waals surface area contributed by atoms with Crippen molar-refractivity contribution in [3.8, 4) is 0 Å². The van der Waals surface area contributed by atoms with Crippen molar-refractivity contribution >= 4 is 5.78 Å². The van der Waals surface area contributed by atoms with Crippen LogP contribution in [0, 0.1) is 28.6 Å². The highest BCUT2D eigenvalue weighted by molar-refractivity contribution is 5.87. The van der Waals surface area contributed by atoms with Crippen molar-refractivity contribution in [2.24, 2.45) is 28.6 Å². The summed E-state index contributed by atoms with van der Waals surface area (Å²) in [6.07, 6.45) is 13.4. The fourth-order valence-electron chi connectivity index (χ4n) is 5.73. The van der Waals surface area contributed by atoms with Crippen LogP contribution in [0.2, 0.25) is 0 Å². The van der Waals surface area contributed by atoms with Gasteiger partial charge in [-0.05, 0) is 61.2 Å². The zero-order valence-corrected chi connectivity index (χ0v) is 12.9. The van der Waals surface area contributed by atoms with Gasteiger partial charge >= 0.3 is 0 Å². The first kappa shape index (κ1) is 13.4. The van der Waals surface area contributed by atoms with Crippen molar-refractivity contribution in [3.05, 3.63) is 35.6 Å². The topological polar surface area (TPSA) is 37.3 Å². The molecule has 0 spiro atoms. The molecule has 2 heteroatoms. The van der Waals surface area contributed by atoms with E-state index in [1.54, 1.807) is 0 Å². The van der Waals surface area contributed by atoms with E-state index in [0.29, 0.717) is 29.3 Å². The maximum absolute atomic E-state index is 12.3. The SMILES string of the molecule is C[C@]12C=CC(O)=CC1=CC[C@@H]1[C@@H]2CC[C@]2(C)C(=O)CC[C@@H]12. The van der Waals surface area contributed by atoms with E-state index in [2.05, 4.69) is 26.0 Å². The van der Waals surface area contributed by atoms with Crippen LogP contribution >= 0.6 is 0 Å². The first-order valence-electron chi connectivity index (χ1n) is 8.29. The molecule has 21 heavy (non-hydrogen) atoms. The summed E-state index contributed by atoms with van der Waals surface area (Å²) in [7, 11) is 0. The van der Waals surface area contributed by atoms with E-state index in [4.69, 9.17) is 0 Å². The van der Waals surface area contributed by atoms with Gasteiger partial charge in [0.1, 0.15) is 11.5 Å². The Morgan fingerprint density at radius 3 is 2.86 bits per heavy atom. The molecule has 0 amide bonds. The average molecular weight is 284 g/mol. The third-order valence-electron chi connectivity index (χ3n) is 7.05. The van der Waals surface area contributed by atoms with Gasteiger partial charge in [-0.1, -0.05) is 26.0 Å². The number of carbonyl (C=O) groups is 1. The van der Waals surface area contributed by atoms with E-state index < -0.39 is 0 Å². The Morgan fingerprint density at radius 1 is 1.24 bits per heavy atom. The Kier molecular flexibility index (Phi) is 2.62. The van der Waals surface area contributed by atoms with Gasteiger partial charge in [-0.25, -0.2) is 0 Å². The molecule has 2 nitrogen and oxygen atoms in total. The number of fused-ring (bicyclic) bond motifs is 5. The smallest absolute Gasteiger partial charge is 0.139 e. The molecule has 0 heterocycles. The van der Waals surface area contributed by atoms with Crippen LogP contribution in [0.25, 0.3) is 0 Å². The lowest BCUT2D eigenvalue weighted by Crippen LogP contribution is -2.48. The second kappa shape index (κ2) is 4.12. The molecule has 2 fully saturated rings. The first-order chi connectivity index (χ1) is 9.95. The lowest BCUT2D eigenvalue weighted by molar-refractivity contribution is -0.131. The highest BCUT2D eigenvalue weighted by Gasteiger charge is 2.57. The fraction of sp³-hybridized carbons (Fsp3) is 0.632. The number of aliphatic hydroxyl groups excluding tert-OH is 1. The Morgan fingerprint density at radius 2 is 2.05 bits per heavy atom. The third-order valence-corrected chi connectivity index (χ3v) is 7.05. The van der Waals surface area contributed by atoms with Crippen LogP contribution in [0.3, 0.4) is 0 Å². The van der Waals surface area contributed by atoms with Crippen molar-refractivity contribution in [2.45, 2.75) is 46.0 Å². The summed E-state index contributed by atoms with van der Waals surface area (Å²) in [5.74, 6) is 2.67. The van der Waals surface area contributed by atoms with Gasteiger partial charge in [0.05, 0.1) is 0 Å². The van der Waals surface area contributed by atoms with Crippen molar-refractivity contribution in [1.29, 1.82) is 0 Å². The van der Waals surface area contributed by atoms with Crippen molar-refractivity contribution in [3.63, 3.8) is 0 Å². The maximum atomic E-state index is 12.3. The highest BCUT2D eigenvalue weighted by atomic mass is 16.3. The third kappa shape index (κ3) is 1.62. The molecule has 0 bridgehead atoms. The Bertz CT molecular complexity index is 597. The molecular formula is C19H24O2. The number of rotatable bonds is 0. The summed E-state index contributed by atoms with van der Waals surface area (Å²) in [5.41, 5.74) is 1.26. The number of hydrogen-bond acceptors (Lipinski definition) is 2. The first-order valence-corrected chi connectivity index (χ1v) is 8.29. The fourth-order valence-corrected chi connectivity index (χ4v) is 5.73. The van der Waals surface area contributed by atoms with Crippen molar-refractivity contribution in [2.75, 3.05) is 0 Å². The van der Waals surface area contributed by atoms with Crippen LogP contribution in [0.4, 0.5) is 0 Å². The number of aliphatic hydroxyl groups is 1. The molecule has 0 aromatic rings. The zero-order chi connectivity index (χ0) is 14.8. The number of ketones is 1. The summed E-state index contributed by atoms with van der Waals surface area (Å²) >= 11 is 0. The number of Topliss-reactive ketones (excluding diaryl/α,β-unsaturated/α-hetero) is 1. The molecule has 4 aliphatic carbocycles. The second-order valence-electron chi connectivity index (χ2n) is 7.88. The molecule has 4 aliphatic rings. The predicted molar refractivity (Wildman–Crippen MR) is 82.7 cm³/mol. The van der Waals surface area contributed by atoms with Gasteiger partial charge in [-0.15, -0.1) is 0 Å². The molecule has 0 aliphatic heterocycles. The van der Waals surface area contributed by atoms with Gasteiger partial charge in [-0.2, -0.15) is 0 Å². The summed E-state index contributed by atoms with van der Waals surface area (Å²) in [4.78, 5) is 12.3. The summed E-state index contributed by atoms with van der Waals surface area (Å²) in [6.45, 7) is 4.53. The Hall–Kier alpha value is -1.31. The molecule has 0 aromatic heterocycles. The molecule has 0 unspecified atom stereocenters. The van der Waals surface area contributed by atoms with E-state index >= 15 is 0 Å². The van der Waals surface area contributed by atoms with Gasteiger partial charge in [0.15, 0.2) is 0 Å². The van der Waals surface area contributed by atoms with E-state index in [0.717, 1.165) is 32.1 Å². The molecule has 1 N–H and O–H groups in total. The molecule has 112 valence electrons. The molecule has 4 rings (SSSR count). The Labute approximate surface area is 126 Å². The van der Waals surface area contributed by atoms with E-state index in [1.807, 2.05) is 12.2 Å². The van der Waals surface area contributed by atoms with Crippen LogP contribution in [0.1, 0.15) is 46.0 Å². The van der Waals surface area contributed by atoms with E-state index in [-0.39, 0.29) is 10.8 Å². The quantitative estimate of drug-likeness (QED) is 0.718. The summed E-state index contributed by atoms with van der Waals surface area (Å²) < 4.78 is 0. The minimum Gasteiger partial charge on any atom is -0.508 e. The van der Waals surface area contributed by atoms with Gasteiger partial charge < -0.3 is 5.11 Å².